The Morgan fingerprint density at radius 2 is 0.943 bits per heavy atom. The summed E-state index contributed by atoms with van der Waals surface area (Å²) in [5.41, 5.74) is 14.4. The predicted molar refractivity (Wildman–Crippen MR) is 238 cm³/mol. The molecule has 0 aliphatic heterocycles. The van der Waals surface area contributed by atoms with Crippen molar-refractivity contribution in [1.82, 2.24) is 4.90 Å². The second-order valence-corrected chi connectivity index (χ2v) is 15.8. The van der Waals surface area contributed by atoms with Gasteiger partial charge >= 0.3 is 0 Å². The number of carbonyl (C=O) groups is 1. The molecule has 1 aromatic rings. The molecule has 53 heavy (non-hydrogen) atoms. The lowest BCUT2D eigenvalue weighted by Crippen LogP contribution is -2.33. The number of nitrogens with zero attached hydrogens (tertiary/aromatic N) is 2. The first-order chi connectivity index (χ1) is 25.2. The first-order valence-electron chi connectivity index (χ1n) is 20.6. The topological polar surface area (TPSA) is 35.6 Å². The maximum Gasteiger partial charge on any atom is 0.238 e. The quantitative estimate of drug-likeness (QED) is 0.102. The zero-order chi connectivity index (χ0) is 39.8. The molecular weight excluding hydrogens is 647 g/mol. The monoisotopic (exact) mass is 726 g/mol. The first-order valence-corrected chi connectivity index (χ1v) is 20.6. The molecule has 0 radical (unpaired) electrons. The average Bonchev–Trinajstić information content (AvgIpc) is 3.09. The Labute approximate surface area is 328 Å². The SMILES string of the molecule is CCN(CC)CC(=O)Nc1c(C)ccc(N(C/C=C(\C)CC/C=C(\C)CCC=C(C)C)C/C=C(\C)CC/C=C(\C)CC/C=C(\C)CCC=C(C)C)c1C. The highest BCUT2D eigenvalue weighted by Gasteiger charge is 2.16. The van der Waals surface area contributed by atoms with E-state index in [2.05, 4.69) is 160 Å². The number of allylic oxidation sites excluding steroid dienone is 12. The van der Waals surface area contributed by atoms with E-state index >= 15 is 0 Å². The van der Waals surface area contributed by atoms with Crippen LogP contribution in [0.5, 0.6) is 0 Å². The molecule has 0 saturated heterocycles. The van der Waals surface area contributed by atoms with Crippen LogP contribution in [0.25, 0.3) is 0 Å². The number of likely N-dealkylation sites (N-methyl/N-ethyl adjacent to an activating group) is 1. The number of amides is 1. The highest BCUT2D eigenvalue weighted by atomic mass is 16.2. The average molecular weight is 726 g/mol. The summed E-state index contributed by atoms with van der Waals surface area (Å²) >= 11 is 0. The third-order valence-corrected chi connectivity index (χ3v) is 10.1. The molecule has 1 rings (SSSR count). The summed E-state index contributed by atoms with van der Waals surface area (Å²) in [7, 11) is 0. The number of rotatable bonds is 25. The minimum atomic E-state index is 0.0493. The maximum absolute atomic E-state index is 13.1. The van der Waals surface area contributed by atoms with Gasteiger partial charge in [0, 0.05) is 24.5 Å². The summed E-state index contributed by atoms with van der Waals surface area (Å²) in [6.45, 7) is 32.3. The standard InChI is InChI=1S/C49H79N3O/c1-14-51(15-2)37-48(53)50-49-45(12)31-32-47(46(49)13)52(35-33-43(10)29-19-27-41(8)24-17-22-39(5)6)36-34-44(11)30-20-28-42(9)26-18-25-40(7)23-16-21-38(3)4/h21-22,25,27-28,31-34H,14-20,23-24,26,29-30,35-37H2,1-13H3,(H,50,53)/b40-25+,41-27+,42-28+,43-33+,44-34+. The Morgan fingerprint density at radius 3 is 1.32 bits per heavy atom. The van der Waals surface area contributed by atoms with Crippen LogP contribution in [0, 0.1) is 13.8 Å². The van der Waals surface area contributed by atoms with Gasteiger partial charge in [-0.3, -0.25) is 9.69 Å². The van der Waals surface area contributed by atoms with Crippen molar-refractivity contribution < 1.29 is 4.79 Å². The van der Waals surface area contributed by atoms with Gasteiger partial charge in [-0.05, 0) is 171 Å². The molecule has 0 spiro atoms. The second kappa shape index (κ2) is 27.2. The van der Waals surface area contributed by atoms with E-state index < -0.39 is 0 Å². The molecule has 296 valence electrons. The Balaban J connectivity index is 3.09. The van der Waals surface area contributed by atoms with Crippen LogP contribution in [-0.2, 0) is 4.79 Å². The molecule has 0 aromatic heterocycles. The van der Waals surface area contributed by atoms with E-state index in [0.717, 1.165) is 107 Å². The Bertz CT molecular complexity index is 1470. The summed E-state index contributed by atoms with van der Waals surface area (Å²) in [4.78, 5) is 17.7. The van der Waals surface area contributed by atoms with Gasteiger partial charge < -0.3 is 10.2 Å². The fourth-order valence-corrected chi connectivity index (χ4v) is 6.33. The van der Waals surface area contributed by atoms with Crippen LogP contribution in [0.1, 0.15) is 151 Å². The minimum absolute atomic E-state index is 0.0493. The molecule has 1 N–H and O–H groups in total. The van der Waals surface area contributed by atoms with Gasteiger partial charge in [-0.1, -0.05) is 101 Å². The van der Waals surface area contributed by atoms with Crippen molar-refractivity contribution in [1.29, 1.82) is 0 Å². The highest BCUT2D eigenvalue weighted by molar-refractivity contribution is 5.94. The van der Waals surface area contributed by atoms with Crippen molar-refractivity contribution in [3.8, 4) is 0 Å². The number of nitrogens with one attached hydrogen (secondary N) is 1. The predicted octanol–water partition coefficient (Wildman–Crippen LogP) is 14.0. The number of aryl methyl sites for hydroxylation is 1. The molecule has 0 aliphatic rings. The number of hydrogen-bond acceptors (Lipinski definition) is 3. The third-order valence-electron chi connectivity index (χ3n) is 10.1. The highest BCUT2D eigenvalue weighted by Crippen LogP contribution is 2.31. The summed E-state index contributed by atoms with van der Waals surface area (Å²) in [6, 6.07) is 4.39. The van der Waals surface area contributed by atoms with E-state index in [1.807, 2.05) is 0 Å². The van der Waals surface area contributed by atoms with Crippen molar-refractivity contribution in [3.05, 3.63) is 105 Å². The van der Waals surface area contributed by atoms with Crippen LogP contribution in [-0.4, -0.2) is 43.5 Å². The molecule has 1 aromatic carbocycles. The van der Waals surface area contributed by atoms with Gasteiger partial charge in [0.1, 0.15) is 0 Å². The van der Waals surface area contributed by atoms with Gasteiger partial charge in [-0.15, -0.1) is 0 Å². The summed E-state index contributed by atoms with van der Waals surface area (Å²) < 4.78 is 0. The van der Waals surface area contributed by atoms with Crippen LogP contribution in [0.15, 0.2) is 93.7 Å². The smallest absolute Gasteiger partial charge is 0.238 e. The van der Waals surface area contributed by atoms with Gasteiger partial charge in [-0.25, -0.2) is 0 Å². The minimum Gasteiger partial charge on any atom is -0.364 e. The van der Waals surface area contributed by atoms with Gasteiger partial charge in [-0.2, -0.15) is 0 Å². The Kier molecular flexibility index (Phi) is 24.5. The molecular formula is C49H79N3O. The number of benzene rings is 1. The van der Waals surface area contributed by atoms with Crippen LogP contribution >= 0.6 is 0 Å². The van der Waals surface area contributed by atoms with E-state index in [-0.39, 0.29) is 5.91 Å². The second-order valence-electron chi connectivity index (χ2n) is 15.8. The Morgan fingerprint density at radius 1 is 0.566 bits per heavy atom. The molecule has 0 heterocycles. The van der Waals surface area contributed by atoms with E-state index in [1.54, 1.807) is 0 Å². The van der Waals surface area contributed by atoms with Crippen molar-refractivity contribution >= 4 is 17.3 Å². The number of hydrogen-bond donors (Lipinski definition) is 1. The van der Waals surface area contributed by atoms with E-state index in [1.165, 1.54) is 44.7 Å². The fourth-order valence-electron chi connectivity index (χ4n) is 6.33. The zero-order valence-electron chi connectivity index (χ0n) is 36.6. The summed E-state index contributed by atoms with van der Waals surface area (Å²) in [5.74, 6) is 0.0493. The maximum atomic E-state index is 13.1. The van der Waals surface area contributed by atoms with Crippen molar-refractivity contribution in [2.45, 2.75) is 154 Å². The molecule has 1 amide bonds. The molecule has 0 saturated carbocycles. The van der Waals surface area contributed by atoms with Gasteiger partial charge in [0.15, 0.2) is 0 Å². The largest absolute Gasteiger partial charge is 0.364 e. The number of anilines is 2. The van der Waals surface area contributed by atoms with Crippen molar-refractivity contribution in [2.24, 2.45) is 0 Å². The van der Waals surface area contributed by atoms with Gasteiger partial charge in [0.05, 0.1) is 6.54 Å². The first kappa shape index (κ1) is 47.7. The van der Waals surface area contributed by atoms with Gasteiger partial charge in [0.25, 0.3) is 0 Å². The lowest BCUT2D eigenvalue weighted by atomic mass is 10.0. The van der Waals surface area contributed by atoms with Gasteiger partial charge in [0.2, 0.25) is 5.91 Å². The lowest BCUT2D eigenvalue weighted by molar-refractivity contribution is -0.117. The van der Waals surface area contributed by atoms with Crippen molar-refractivity contribution in [3.63, 3.8) is 0 Å². The van der Waals surface area contributed by atoms with Crippen LogP contribution < -0.4 is 10.2 Å². The summed E-state index contributed by atoms with van der Waals surface area (Å²) in [5, 5.41) is 3.27. The van der Waals surface area contributed by atoms with Crippen LogP contribution in [0.3, 0.4) is 0 Å². The van der Waals surface area contributed by atoms with E-state index in [9.17, 15) is 4.79 Å². The molecule has 0 fully saturated rings. The molecule has 4 nitrogen and oxygen atoms in total. The van der Waals surface area contributed by atoms with E-state index in [0.29, 0.717) is 6.54 Å². The normalized spacial score (nSPS) is 13.1. The molecule has 0 unspecified atom stereocenters. The van der Waals surface area contributed by atoms with Crippen molar-refractivity contribution in [2.75, 3.05) is 42.9 Å². The molecule has 0 aliphatic carbocycles. The fraction of sp³-hybridized carbons (Fsp3) is 0.571. The van der Waals surface area contributed by atoms with E-state index in [4.69, 9.17) is 0 Å². The zero-order valence-corrected chi connectivity index (χ0v) is 36.6. The van der Waals surface area contributed by atoms with Crippen LogP contribution in [0.4, 0.5) is 11.4 Å². The summed E-state index contributed by atoms with van der Waals surface area (Å²) in [6.07, 6.45) is 27.8. The molecule has 0 atom stereocenters. The third kappa shape index (κ3) is 21.8. The van der Waals surface area contributed by atoms with Crippen LogP contribution in [0.2, 0.25) is 0 Å². The lowest BCUT2D eigenvalue weighted by Gasteiger charge is -2.27. The molecule has 0 bridgehead atoms. The Hall–Kier alpha value is -3.37. The number of carbonyl (C=O) groups excluding carboxylic acids is 1. The molecule has 4 heteroatoms.